The van der Waals surface area contributed by atoms with Crippen molar-refractivity contribution < 1.29 is 9.21 Å². The molecule has 0 bridgehead atoms. The Kier molecular flexibility index (Phi) is 7.10. The quantitative estimate of drug-likeness (QED) is 0.542. The number of thioether (sulfide) groups is 1. The second-order valence-electron chi connectivity index (χ2n) is 6.18. The number of nitrogens with zero attached hydrogens (tertiary/aromatic N) is 3. The summed E-state index contributed by atoms with van der Waals surface area (Å²) in [5, 5.41) is 12.3. The lowest BCUT2D eigenvalue weighted by molar-refractivity contribution is -0.118. The molecule has 2 heterocycles. The Bertz CT molecular complexity index is 831. The number of amides is 1. The first-order valence-corrected chi connectivity index (χ1v) is 10.1. The maximum Gasteiger partial charge on any atom is 0.230 e. The topological polar surface area (TPSA) is 73.0 Å². The van der Waals surface area contributed by atoms with E-state index in [0.29, 0.717) is 12.3 Å². The summed E-state index contributed by atoms with van der Waals surface area (Å²) in [6, 6.07) is 14.0. The number of hydrogen-bond acceptors (Lipinski definition) is 5. The second kappa shape index (κ2) is 9.97. The number of nitrogens with one attached hydrogen (secondary N) is 1. The van der Waals surface area contributed by atoms with Gasteiger partial charge in [-0.15, -0.1) is 10.2 Å². The first-order chi connectivity index (χ1) is 13.3. The van der Waals surface area contributed by atoms with Gasteiger partial charge in [0, 0.05) is 13.0 Å². The van der Waals surface area contributed by atoms with Crippen molar-refractivity contribution in [2.75, 3.05) is 5.75 Å². The van der Waals surface area contributed by atoms with Crippen LogP contribution >= 0.6 is 11.8 Å². The van der Waals surface area contributed by atoms with E-state index in [1.165, 1.54) is 17.3 Å². The largest absolute Gasteiger partial charge is 0.467 e. The highest BCUT2D eigenvalue weighted by atomic mass is 32.2. The molecule has 3 aromatic rings. The molecule has 0 saturated carbocycles. The number of hydrogen-bond donors (Lipinski definition) is 1. The zero-order chi connectivity index (χ0) is 18.9. The van der Waals surface area contributed by atoms with Gasteiger partial charge in [-0.05, 0) is 30.5 Å². The molecule has 0 aliphatic rings. The Morgan fingerprint density at radius 3 is 2.74 bits per heavy atom. The van der Waals surface area contributed by atoms with Crippen molar-refractivity contribution in [1.82, 2.24) is 20.1 Å². The average molecular weight is 385 g/mol. The fourth-order valence-electron chi connectivity index (χ4n) is 2.74. The summed E-state index contributed by atoms with van der Waals surface area (Å²) >= 11 is 1.42. The van der Waals surface area contributed by atoms with E-state index in [1.807, 2.05) is 12.1 Å². The highest BCUT2D eigenvalue weighted by Crippen LogP contribution is 2.18. The van der Waals surface area contributed by atoms with Gasteiger partial charge in [-0.3, -0.25) is 4.79 Å². The van der Waals surface area contributed by atoms with Crippen LogP contribution in [-0.4, -0.2) is 26.4 Å². The Morgan fingerprint density at radius 1 is 1.15 bits per heavy atom. The summed E-state index contributed by atoms with van der Waals surface area (Å²) in [6.45, 7) is 3.38. The van der Waals surface area contributed by atoms with Crippen LogP contribution in [0, 0.1) is 0 Å². The van der Waals surface area contributed by atoms with Crippen molar-refractivity contribution in [2.24, 2.45) is 0 Å². The van der Waals surface area contributed by atoms with E-state index in [1.54, 1.807) is 12.3 Å². The third-order valence-corrected chi connectivity index (χ3v) is 5.06. The minimum atomic E-state index is -0.0479. The van der Waals surface area contributed by atoms with Crippen LogP contribution in [0.3, 0.4) is 0 Å². The Hall–Kier alpha value is -2.54. The highest BCUT2D eigenvalue weighted by molar-refractivity contribution is 7.99. The molecule has 6 nitrogen and oxygen atoms in total. The van der Waals surface area contributed by atoms with Crippen molar-refractivity contribution in [1.29, 1.82) is 0 Å². The molecule has 0 radical (unpaired) electrons. The normalized spacial score (nSPS) is 10.9. The summed E-state index contributed by atoms with van der Waals surface area (Å²) < 4.78 is 7.35. The lowest BCUT2D eigenvalue weighted by Gasteiger charge is -2.09. The molecule has 142 valence electrons. The van der Waals surface area contributed by atoms with Crippen LogP contribution < -0.4 is 5.32 Å². The molecule has 27 heavy (non-hydrogen) atoms. The van der Waals surface area contributed by atoms with E-state index < -0.39 is 0 Å². The smallest absolute Gasteiger partial charge is 0.230 e. The molecule has 1 aromatic carbocycles. The predicted octanol–water partition coefficient (Wildman–Crippen LogP) is 3.47. The van der Waals surface area contributed by atoms with Crippen molar-refractivity contribution in [2.45, 2.75) is 44.4 Å². The van der Waals surface area contributed by atoms with E-state index in [2.05, 4.69) is 51.3 Å². The van der Waals surface area contributed by atoms with E-state index in [4.69, 9.17) is 4.42 Å². The number of carbonyl (C=O) groups is 1. The van der Waals surface area contributed by atoms with Gasteiger partial charge in [0.1, 0.15) is 11.6 Å². The fourth-order valence-corrected chi connectivity index (χ4v) is 3.55. The van der Waals surface area contributed by atoms with Gasteiger partial charge in [0.2, 0.25) is 5.91 Å². The second-order valence-corrected chi connectivity index (χ2v) is 7.12. The highest BCUT2D eigenvalue weighted by Gasteiger charge is 2.14. The lowest BCUT2D eigenvalue weighted by atomic mass is 10.1. The van der Waals surface area contributed by atoms with Crippen molar-refractivity contribution in [3.63, 3.8) is 0 Å². The summed E-state index contributed by atoms with van der Waals surface area (Å²) in [7, 11) is 0. The minimum absolute atomic E-state index is 0.0479. The number of carbonyl (C=O) groups excluding carboxylic acids is 1. The van der Waals surface area contributed by atoms with Gasteiger partial charge in [0.05, 0.1) is 18.6 Å². The summed E-state index contributed by atoms with van der Waals surface area (Å²) in [5.74, 6) is 1.97. The predicted molar refractivity (Wildman–Crippen MR) is 105 cm³/mol. The molecule has 2 aromatic heterocycles. The van der Waals surface area contributed by atoms with Crippen LogP contribution in [0.1, 0.15) is 30.5 Å². The molecule has 3 rings (SSSR count). The molecule has 1 N–H and O–H groups in total. The molecule has 0 aliphatic heterocycles. The Balaban J connectivity index is 1.54. The van der Waals surface area contributed by atoms with E-state index >= 15 is 0 Å². The summed E-state index contributed by atoms with van der Waals surface area (Å²) in [4.78, 5) is 12.1. The summed E-state index contributed by atoms with van der Waals surface area (Å²) in [6.07, 6.45) is 4.36. The van der Waals surface area contributed by atoms with Crippen LogP contribution in [0.15, 0.2) is 58.3 Å². The number of aryl methyl sites for hydroxylation is 2. The molecule has 0 saturated heterocycles. The molecule has 0 unspecified atom stereocenters. The first kappa shape index (κ1) is 19.2. The third-order valence-electron chi connectivity index (χ3n) is 4.09. The monoisotopic (exact) mass is 384 g/mol. The minimum Gasteiger partial charge on any atom is -0.467 e. The van der Waals surface area contributed by atoms with Gasteiger partial charge in [-0.1, -0.05) is 49.0 Å². The SMILES string of the molecule is CCCn1c(CCc2ccccc2)nnc1SCC(=O)NCc1ccco1. The maximum absolute atomic E-state index is 12.1. The molecular weight excluding hydrogens is 360 g/mol. The van der Waals surface area contributed by atoms with Crippen LogP contribution in [0.25, 0.3) is 0 Å². The summed E-state index contributed by atoms with van der Waals surface area (Å²) in [5.41, 5.74) is 1.29. The Labute approximate surface area is 163 Å². The van der Waals surface area contributed by atoms with Gasteiger partial charge in [-0.2, -0.15) is 0 Å². The molecule has 0 fully saturated rings. The maximum atomic E-state index is 12.1. The van der Waals surface area contributed by atoms with E-state index in [-0.39, 0.29) is 5.91 Å². The van der Waals surface area contributed by atoms with E-state index in [0.717, 1.165) is 42.5 Å². The van der Waals surface area contributed by atoms with Gasteiger partial charge in [-0.25, -0.2) is 0 Å². The molecule has 0 aliphatic carbocycles. The van der Waals surface area contributed by atoms with Crippen LogP contribution in [0.2, 0.25) is 0 Å². The van der Waals surface area contributed by atoms with Crippen molar-refractivity contribution >= 4 is 17.7 Å². The number of rotatable bonds is 10. The zero-order valence-electron chi connectivity index (χ0n) is 15.4. The Morgan fingerprint density at radius 2 is 2.00 bits per heavy atom. The molecular formula is C20H24N4O2S. The van der Waals surface area contributed by atoms with Crippen LogP contribution in [0.5, 0.6) is 0 Å². The van der Waals surface area contributed by atoms with Crippen molar-refractivity contribution in [3.05, 3.63) is 65.9 Å². The van der Waals surface area contributed by atoms with Crippen LogP contribution in [-0.2, 0) is 30.7 Å². The van der Waals surface area contributed by atoms with Gasteiger partial charge < -0.3 is 14.3 Å². The molecule has 0 spiro atoms. The third kappa shape index (κ3) is 5.72. The molecule has 7 heteroatoms. The molecule has 0 atom stereocenters. The van der Waals surface area contributed by atoms with E-state index in [9.17, 15) is 4.79 Å². The average Bonchev–Trinajstić information content (AvgIpc) is 3.34. The van der Waals surface area contributed by atoms with Crippen LogP contribution in [0.4, 0.5) is 0 Å². The fraction of sp³-hybridized carbons (Fsp3) is 0.350. The van der Waals surface area contributed by atoms with Gasteiger partial charge in [0.15, 0.2) is 5.16 Å². The van der Waals surface area contributed by atoms with Gasteiger partial charge >= 0.3 is 0 Å². The number of benzene rings is 1. The zero-order valence-corrected chi connectivity index (χ0v) is 16.2. The standard InChI is InChI=1S/C20H24N4O2S/c1-2-12-24-18(11-10-16-7-4-3-5-8-16)22-23-20(24)27-15-19(25)21-14-17-9-6-13-26-17/h3-9,13H,2,10-12,14-15H2,1H3,(H,21,25). The first-order valence-electron chi connectivity index (χ1n) is 9.14. The number of furan rings is 1. The van der Waals surface area contributed by atoms with Crippen molar-refractivity contribution in [3.8, 4) is 0 Å². The van der Waals surface area contributed by atoms with Gasteiger partial charge in [0.25, 0.3) is 0 Å². The molecule has 1 amide bonds. The lowest BCUT2D eigenvalue weighted by Crippen LogP contribution is -2.24. The number of aromatic nitrogens is 3.